The summed E-state index contributed by atoms with van der Waals surface area (Å²) in [6, 6.07) is 0. The van der Waals surface area contributed by atoms with Crippen molar-refractivity contribution in [1.82, 2.24) is 4.90 Å². The van der Waals surface area contributed by atoms with Crippen molar-refractivity contribution in [3.8, 4) is 0 Å². The zero-order valence-electron chi connectivity index (χ0n) is 5.72. The standard InChI is InChI=1S/C5H14N2.FH/c1-4-5(6)7(2)3;/h5H,4,6H2,1-3H3;1H. The van der Waals surface area contributed by atoms with Crippen molar-refractivity contribution in [3.05, 3.63) is 0 Å². The number of hydrogen-bond donors (Lipinski definition) is 1. The largest absolute Gasteiger partial charge is 0.316 e. The second-order valence-electron chi connectivity index (χ2n) is 1.94. The molecule has 0 aliphatic rings. The third-order valence-corrected chi connectivity index (χ3v) is 1.08. The number of rotatable bonds is 2. The molecule has 1 atom stereocenters. The molecule has 0 radical (unpaired) electrons. The van der Waals surface area contributed by atoms with Crippen LogP contribution in [0.15, 0.2) is 0 Å². The maximum absolute atomic E-state index is 5.54. The Morgan fingerprint density at radius 2 is 1.88 bits per heavy atom. The average molecular weight is 122 g/mol. The second-order valence-corrected chi connectivity index (χ2v) is 1.94. The molecule has 52 valence electrons. The van der Waals surface area contributed by atoms with Crippen LogP contribution in [0.1, 0.15) is 13.3 Å². The monoisotopic (exact) mass is 122 g/mol. The first-order chi connectivity index (χ1) is 3.18. The van der Waals surface area contributed by atoms with Crippen molar-refractivity contribution in [2.24, 2.45) is 5.73 Å². The second kappa shape index (κ2) is 5.00. The topological polar surface area (TPSA) is 29.3 Å². The van der Waals surface area contributed by atoms with Crippen LogP contribution in [-0.4, -0.2) is 25.2 Å². The van der Waals surface area contributed by atoms with Gasteiger partial charge in [-0.15, -0.1) is 0 Å². The van der Waals surface area contributed by atoms with Crippen molar-refractivity contribution in [2.45, 2.75) is 19.5 Å². The molecular formula is C5H15FN2. The maximum atomic E-state index is 5.54. The Morgan fingerprint density at radius 3 is 1.88 bits per heavy atom. The molecule has 3 heteroatoms. The predicted molar refractivity (Wildman–Crippen MR) is 34.5 cm³/mol. The molecule has 0 heterocycles. The van der Waals surface area contributed by atoms with Gasteiger partial charge in [-0.25, -0.2) is 0 Å². The SMILES string of the molecule is CCC(N)N(C)C.F. The Hall–Kier alpha value is -0.150. The summed E-state index contributed by atoms with van der Waals surface area (Å²) in [7, 11) is 3.96. The Morgan fingerprint density at radius 1 is 1.50 bits per heavy atom. The van der Waals surface area contributed by atoms with Crippen molar-refractivity contribution in [2.75, 3.05) is 14.1 Å². The van der Waals surface area contributed by atoms with Gasteiger partial charge in [0.05, 0.1) is 6.17 Å². The van der Waals surface area contributed by atoms with Gasteiger partial charge in [-0.3, -0.25) is 9.60 Å². The van der Waals surface area contributed by atoms with Crippen LogP contribution < -0.4 is 5.73 Å². The molecule has 2 nitrogen and oxygen atoms in total. The third-order valence-electron chi connectivity index (χ3n) is 1.08. The number of hydrogen-bond acceptors (Lipinski definition) is 2. The van der Waals surface area contributed by atoms with Gasteiger partial charge in [0.25, 0.3) is 0 Å². The lowest BCUT2D eigenvalue weighted by atomic mass is 10.4. The van der Waals surface area contributed by atoms with E-state index < -0.39 is 0 Å². The van der Waals surface area contributed by atoms with E-state index in [0.29, 0.717) is 0 Å². The first-order valence-corrected chi connectivity index (χ1v) is 2.60. The summed E-state index contributed by atoms with van der Waals surface area (Å²) in [5, 5.41) is 0. The van der Waals surface area contributed by atoms with E-state index in [1.54, 1.807) is 0 Å². The van der Waals surface area contributed by atoms with Crippen molar-refractivity contribution in [1.29, 1.82) is 0 Å². The fraction of sp³-hybridized carbons (Fsp3) is 1.00. The fourth-order valence-corrected chi connectivity index (χ4v) is 0.365. The molecule has 0 aliphatic carbocycles. The first-order valence-electron chi connectivity index (χ1n) is 2.60. The minimum atomic E-state index is 0. The van der Waals surface area contributed by atoms with Gasteiger partial charge in [-0.2, -0.15) is 0 Å². The highest BCUT2D eigenvalue weighted by atomic mass is 19.0. The average Bonchev–Trinajstić information content (AvgIpc) is 1.65. The van der Waals surface area contributed by atoms with E-state index in [9.17, 15) is 0 Å². The van der Waals surface area contributed by atoms with Crippen LogP contribution >= 0.6 is 0 Å². The quantitative estimate of drug-likeness (QED) is 0.537. The molecule has 2 N–H and O–H groups in total. The summed E-state index contributed by atoms with van der Waals surface area (Å²) < 4.78 is 0. The lowest BCUT2D eigenvalue weighted by Crippen LogP contribution is -2.35. The molecular weight excluding hydrogens is 107 g/mol. The van der Waals surface area contributed by atoms with Gasteiger partial charge >= 0.3 is 0 Å². The summed E-state index contributed by atoms with van der Waals surface area (Å²) in [5.74, 6) is 0. The van der Waals surface area contributed by atoms with Crippen LogP contribution in [0.3, 0.4) is 0 Å². The van der Waals surface area contributed by atoms with Gasteiger partial charge in [0.1, 0.15) is 0 Å². The minimum absolute atomic E-state index is 0. The molecule has 8 heavy (non-hydrogen) atoms. The molecule has 0 rings (SSSR count). The lowest BCUT2D eigenvalue weighted by Gasteiger charge is -2.16. The Kier molecular flexibility index (Phi) is 6.72. The third kappa shape index (κ3) is 4.02. The van der Waals surface area contributed by atoms with Crippen LogP contribution in [0.25, 0.3) is 0 Å². The van der Waals surface area contributed by atoms with Crippen LogP contribution in [0.4, 0.5) is 4.70 Å². The van der Waals surface area contributed by atoms with Crippen molar-refractivity contribution < 1.29 is 4.70 Å². The Bertz CT molecular complexity index is 47.7. The number of nitrogens with zero attached hydrogens (tertiary/aromatic N) is 1. The molecule has 0 aromatic heterocycles. The molecule has 0 aliphatic heterocycles. The van der Waals surface area contributed by atoms with Crippen LogP contribution in [-0.2, 0) is 0 Å². The van der Waals surface area contributed by atoms with Gasteiger partial charge in [0.2, 0.25) is 0 Å². The lowest BCUT2D eigenvalue weighted by molar-refractivity contribution is 0.293. The molecule has 0 fully saturated rings. The van der Waals surface area contributed by atoms with E-state index in [-0.39, 0.29) is 10.9 Å². The molecule has 0 aromatic rings. The summed E-state index contributed by atoms with van der Waals surface area (Å²) in [5.41, 5.74) is 5.54. The van der Waals surface area contributed by atoms with Crippen LogP contribution in [0.5, 0.6) is 0 Å². The summed E-state index contributed by atoms with van der Waals surface area (Å²) in [4.78, 5) is 2.00. The molecule has 0 saturated heterocycles. The van der Waals surface area contributed by atoms with E-state index >= 15 is 0 Å². The first kappa shape index (κ1) is 10.8. The highest BCUT2D eigenvalue weighted by Gasteiger charge is 1.97. The van der Waals surface area contributed by atoms with Crippen LogP contribution in [0, 0.1) is 0 Å². The van der Waals surface area contributed by atoms with Crippen molar-refractivity contribution >= 4 is 0 Å². The molecule has 0 bridgehead atoms. The van der Waals surface area contributed by atoms with Gasteiger partial charge in [-0.1, -0.05) is 6.92 Å². The highest BCUT2D eigenvalue weighted by molar-refractivity contribution is 4.51. The molecule has 0 spiro atoms. The van der Waals surface area contributed by atoms with E-state index in [1.807, 2.05) is 19.0 Å². The van der Waals surface area contributed by atoms with Gasteiger partial charge in [-0.05, 0) is 20.5 Å². The van der Waals surface area contributed by atoms with E-state index in [2.05, 4.69) is 6.92 Å². The van der Waals surface area contributed by atoms with Gasteiger partial charge < -0.3 is 5.73 Å². The summed E-state index contributed by atoms with van der Waals surface area (Å²) in [6.07, 6.45) is 1.26. The fourth-order valence-electron chi connectivity index (χ4n) is 0.365. The highest BCUT2D eigenvalue weighted by Crippen LogP contribution is 1.86. The van der Waals surface area contributed by atoms with Crippen molar-refractivity contribution in [3.63, 3.8) is 0 Å². The zero-order chi connectivity index (χ0) is 5.86. The normalized spacial score (nSPS) is 13.1. The minimum Gasteiger partial charge on any atom is -0.316 e. The van der Waals surface area contributed by atoms with E-state index in [1.165, 1.54) is 0 Å². The zero-order valence-corrected chi connectivity index (χ0v) is 5.72. The number of halogens is 1. The van der Waals surface area contributed by atoms with Crippen LogP contribution in [0.2, 0.25) is 0 Å². The van der Waals surface area contributed by atoms with E-state index in [4.69, 9.17) is 5.73 Å². The Labute approximate surface area is 50.0 Å². The Balaban J connectivity index is 0. The molecule has 1 unspecified atom stereocenters. The predicted octanol–water partition coefficient (Wildman–Crippen LogP) is 0.395. The van der Waals surface area contributed by atoms with Gasteiger partial charge in [0.15, 0.2) is 0 Å². The number of nitrogens with two attached hydrogens (primary N) is 1. The smallest absolute Gasteiger partial charge is 0.0563 e. The molecule has 0 aromatic carbocycles. The molecule has 0 amide bonds. The maximum Gasteiger partial charge on any atom is 0.0563 e. The van der Waals surface area contributed by atoms with E-state index in [0.717, 1.165) is 6.42 Å². The van der Waals surface area contributed by atoms with Gasteiger partial charge in [0, 0.05) is 0 Å². The molecule has 0 saturated carbocycles. The summed E-state index contributed by atoms with van der Waals surface area (Å²) in [6.45, 7) is 2.07. The summed E-state index contributed by atoms with van der Waals surface area (Å²) >= 11 is 0.